The lowest BCUT2D eigenvalue weighted by Gasteiger charge is -2.22. The summed E-state index contributed by atoms with van der Waals surface area (Å²) in [5.41, 5.74) is -0.330. The van der Waals surface area contributed by atoms with Gasteiger partial charge in [-0.05, 0) is 35.6 Å². The molecular weight excluding hydrogens is 379 g/mol. The molecule has 9 heteroatoms. The molecule has 5 nitrogen and oxygen atoms in total. The molecule has 0 bridgehead atoms. The molecule has 0 N–H and O–H groups in total. The molecule has 1 atom stereocenters. The van der Waals surface area contributed by atoms with Gasteiger partial charge in [0.15, 0.2) is 0 Å². The fraction of sp³-hybridized carbons (Fsp3) is 0.278. The largest absolute Gasteiger partial charge is 0.416 e. The second-order valence-electron chi connectivity index (χ2n) is 6.21. The quantitative estimate of drug-likeness (QED) is 0.646. The van der Waals surface area contributed by atoms with Crippen LogP contribution in [-0.4, -0.2) is 20.9 Å². The standard InChI is InChI=1S/C18H14F3N3O2S/c19-18(20,21)12-4-1-3-11(9-12)10-24-13(6-7-15(24)25)17-22-16(23-26-17)14-5-2-8-27-14/h1-5,8-9,13H,6-7,10H2. The number of aromatic nitrogens is 2. The van der Waals surface area contributed by atoms with Crippen LogP contribution in [0.25, 0.3) is 10.7 Å². The number of carbonyl (C=O) groups is 1. The molecule has 1 aromatic carbocycles. The Hall–Kier alpha value is -2.68. The molecule has 3 aromatic rings. The van der Waals surface area contributed by atoms with Crippen LogP contribution in [0.5, 0.6) is 0 Å². The van der Waals surface area contributed by atoms with Gasteiger partial charge in [0, 0.05) is 13.0 Å². The second-order valence-corrected chi connectivity index (χ2v) is 7.16. The first-order valence-electron chi connectivity index (χ1n) is 8.25. The highest BCUT2D eigenvalue weighted by Crippen LogP contribution is 2.35. The van der Waals surface area contributed by atoms with Crippen molar-refractivity contribution < 1.29 is 22.5 Å². The summed E-state index contributed by atoms with van der Waals surface area (Å²) in [6.07, 6.45) is -3.64. The molecule has 0 radical (unpaired) electrons. The van der Waals surface area contributed by atoms with E-state index in [0.717, 1.165) is 17.0 Å². The third-order valence-electron chi connectivity index (χ3n) is 4.40. The van der Waals surface area contributed by atoms with Crippen LogP contribution >= 0.6 is 11.3 Å². The van der Waals surface area contributed by atoms with E-state index in [1.807, 2.05) is 17.5 Å². The Bertz CT molecular complexity index is 953. The van der Waals surface area contributed by atoms with E-state index in [4.69, 9.17) is 4.52 Å². The normalized spacial score (nSPS) is 17.7. The van der Waals surface area contributed by atoms with Gasteiger partial charge in [-0.3, -0.25) is 4.79 Å². The second kappa shape index (κ2) is 6.80. The van der Waals surface area contributed by atoms with E-state index in [-0.39, 0.29) is 12.5 Å². The van der Waals surface area contributed by atoms with Gasteiger partial charge in [0.1, 0.15) is 6.04 Å². The van der Waals surface area contributed by atoms with Crippen molar-refractivity contribution in [2.75, 3.05) is 0 Å². The van der Waals surface area contributed by atoms with Crippen molar-refractivity contribution in [2.45, 2.75) is 31.6 Å². The van der Waals surface area contributed by atoms with Gasteiger partial charge >= 0.3 is 6.18 Å². The van der Waals surface area contributed by atoms with E-state index >= 15 is 0 Å². The highest BCUT2D eigenvalue weighted by atomic mass is 32.1. The monoisotopic (exact) mass is 393 g/mol. The Morgan fingerprint density at radius 2 is 2.11 bits per heavy atom. The van der Waals surface area contributed by atoms with Crippen LogP contribution in [0.15, 0.2) is 46.3 Å². The number of amides is 1. The fourth-order valence-electron chi connectivity index (χ4n) is 3.11. The Labute approximate surface area is 156 Å². The minimum Gasteiger partial charge on any atom is -0.337 e. The van der Waals surface area contributed by atoms with Crippen LogP contribution < -0.4 is 0 Å². The average molecular weight is 393 g/mol. The SMILES string of the molecule is O=C1CCC(c2nc(-c3cccs3)no2)N1Cc1cccc(C(F)(F)F)c1. The van der Waals surface area contributed by atoms with E-state index < -0.39 is 17.8 Å². The third kappa shape index (κ3) is 3.59. The zero-order chi connectivity index (χ0) is 19.0. The van der Waals surface area contributed by atoms with E-state index in [2.05, 4.69) is 10.1 Å². The highest BCUT2D eigenvalue weighted by molar-refractivity contribution is 7.13. The minimum atomic E-state index is -4.42. The number of hydrogen-bond acceptors (Lipinski definition) is 5. The van der Waals surface area contributed by atoms with Crippen LogP contribution in [0.3, 0.4) is 0 Å². The Morgan fingerprint density at radius 3 is 2.85 bits per heavy atom. The zero-order valence-electron chi connectivity index (χ0n) is 13.9. The summed E-state index contributed by atoms with van der Waals surface area (Å²) in [6.45, 7) is 0.0597. The molecule has 27 heavy (non-hydrogen) atoms. The lowest BCUT2D eigenvalue weighted by atomic mass is 10.1. The maximum absolute atomic E-state index is 12.9. The molecule has 140 valence electrons. The molecule has 1 aliphatic rings. The van der Waals surface area contributed by atoms with Crippen LogP contribution in [-0.2, 0) is 17.5 Å². The molecule has 1 aliphatic heterocycles. The summed E-state index contributed by atoms with van der Waals surface area (Å²) in [4.78, 5) is 19.0. The van der Waals surface area contributed by atoms with E-state index in [0.29, 0.717) is 30.1 Å². The van der Waals surface area contributed by atoms with Gasteiger partial charge < -0.3 is 9.42 Å². The molecule has 0 aliphatic carbocycles. The molecular formula is C18H14F3N3O2S. The van der Waals surface area contributed by atoms with Crippen molar-refractivity contribution in [3.8, 4) is 10.7 Å². The molecule has 4 rings (SSSR count). The summed E-state index contributed by atoms with van der Waals surface area (Å²) in [6, 6.07) is 8.28. The molecule has 2 aromatic heterocycles. The maximum atomic E-state index is 12.9. The summed E-state index contributed by atoms with van der Waals surface area (Å²) in [5, 5.41) is 5.85. The number of halogens is 3. The van der Waals surface area contributed by atoms with E-state index in [1.54, 1.807) is 6.07 Å². The summed E-state index contributed by atoms with van der Waals surface area (Å²) in [5.74, 6) is 0.600. The number of nitrogens with zero attached hydrogens (tertiary/aromatic N) is 3. The van der Waals surface area contributed by atoms with Gasteiger partial charge in [-0.1, -0.05) is 23.4 Å². The fourth-order valence-corrected chi connectivity index (χ4v) is 3.76. The molecule has 1 saturated heterocycles. The zero-order valence-corrected chi connectivity index (χ0v) is 14.8. The molecule has 0 spiro atoms. The maximum Gasteiger partial charge on any atom is 0.416 e. The molecule has 0 saturated carbocycles. The first-order chi connectivity index (χ1) is 12.9. The lowest BCUT2D eigenvalue weighted by molar-refractivity contribution is -0.137. The number of rotatable bonds is 4. The van der Waals surface area contributed by atoms with E-state index in [9.17, 15) is 18.0 Å². The van der Waals surface area contributed by atoms with Crippen molar-refractivity contribution in [3.63, 3.8) is 0 Å². The number of thiophene rings is 1. The Kier molecular flexibility index (Phi) is 4.47. The van der Waals surface area contributed by atoms with Gasteiger partial charge in [0.25, 0.3) is 0 Å². The van der Waals surface area contributed by atoms with Crippen molar-refractivity contribution in [3.05, 3.63) is 58.8 Å². The average Bonchev–Trinajstić information content (AvgIpc) is 3.36. The van der Waals surface area contributed by atoms with Crippen LogP contribution in [0.2, 0.25) is 0 Å². The highest BCUT2D eigenvalue weighted by Gasteiger charge is 2.36. The number of carbonyl (C=O) groups excluding carboxylic acids is 1. The van der Waals surface area contributed by atoms with Gasteiger partial charge in [-0.15, -0.1) is 11.3 Å². The van der Waals surface area contributed by atoms with Crippen molar-refractivity contribution >= 4 is 17.2 Å². The third-order valence-corrected chi connectivity index (χ3v) is 5.27. The van der Waals surface area contributed by atoms with Gasteiger partial charge in [-0.25, -0.2) is 0 Å². The number of alkyl halides is 3. The summed E-state index contributed by atoms with van der Waals surface area (Å²) >= 11 is 1.47. The lowest BCUT2D eigenvalue weighted by Crippen LogP contribution is -2.27. The number of likely N-dealkylation sites (tertiary alicyclic amines) is 1. The van der Waals surface area contributed by atoms with Crippen molar-refractivity contribution in [1.29, 1.82) is 0 Å². The molecule has 3 heterocycles. The predicted molar refractivity (Wildman–Crippen MR) is 91.6 cm³/mol. The Balaban J connectivity index is 1.57. The smallest absolute Gasteiger partial charge is 0.337 e. The van der Waals surface area contributed by atoms with Crippen LogP contribution in [0, 0.1) is 0 Å². The summed E-state index contributed by atoms with van der Waals surface area (Å²) < 4.78 is 44.1. The number of benzene rings is 1. The predicted octanol–water partition coefficient (Wildman–Crippen LogP) is 4.68. The van der Waals surface area contributed by atoms with Gasteiger partial charge in [-0.2, -0.15) is 18.2 Å². The molecule has 1 amide bonds. The molecule has 1 fully saturated rings. The van der Waals surface area contributed by atoms with Gasteiger partial charge in [0.2, 0.25) is 17.6 Å². The first-order valence-corrected chi connectivity index (χ1v) is 9.13. The Morgan fingerprint density at radius 1 is 1.26 bits per heavy atom. The topological polar surface area (TPSA) is 59.2 Å². The van der Waals surface area contributed by atoms with E-state index in [1.165, 1.54) is 22.3 Å². The summed E-state index contributed by atoms with van der Waals surface area (Å²) in [7, 11) is 0. The van der Waals surface area contributed by atoms with Gasteiger partial charge in [0.05, 0.1) is 10.4 Å². The van der Waals surface area contributed by atoms with Crippen molar-refractivity contribution in [2.24, 2.45) is 0 Å². The first kappa shape index (κ1) is 17.7. The van der Waals surface area contributed by atoms with Crippen LogP contribution in [0.4, 0.5) is 13.2 Å². The number of hydrogen-bond donors (Lipinski definition) is 0. The van der Waals surface area contributed by atoms with Crippen LogP contribution in [0.1, 0.15) is 35.9 Å². The van der Waals surface area contributed by atoms with Crippen molar-refractivity contribution in [1.82, 2.24) is 15.0 Å². The minimum absolute atomic E-state index is 0.0597. The molecule has 1 unspecified atom stereocenters.